The molecule has 0 spiro atoms. The third-order valence-electron chi connectivity index (χ3n) is 2.44. The first-order valence-corrected chi connectivity index (χ1v) is 5.19. The molecule has 0 bridgehead atoms. The summed E-state index contributed by atoms with van der Waals surface area (Å²) in [6.07, 6.45) is -14.3. The molecule has 1 rings (SSSR count). The first kappa shape index (κ1) is 20.2. The second-order valence-corrected chi connectivity index (χ2v) is 4.07. The summed E-state index contributed by atoms with van der Waals surface area (Å²) in [5, 5.41) is 0. The van der Waals surface area contributed by atoms with E-state index < -0.39 is 59.2 Å². The Morgan fingerprint density at radius 2 is 1.08 bits per heavy atom. The maximum absolute atomic E-state index is 13.5. The maximum Gasteiger partial charge on any atom is 0.467 e. The number of alkyl halides is 9. The molecule has 1 nitrogen and oxygen atoms in total. The summed E-state index contributed by atoms with van der Waals surface area (Å²) in [6, 6.07) is -0.875. The van der Waals surface area contributed by atoms with Crippen LogP contribution in [0.2, 0.25) is 0 Å². The SMILES string of the molecule is Fc1cc(OC(F)(C(F)(F)F)C(F)(F)C(F)(F)F)c(F)c(F)c1F. The van der Waals surface area contributed by atoms with Crippen molar-refractivity contribution < 1.29 is 61.8 Å². The molecule has 0 saturated carbocycles. The van der Waals surface area contributed by atoms with Crippen molar-refractivity contribution in [2.45, 2.75) is 24.1 Å². The first-order valence-electron chi connectivity index (χ1n) is 5.19. The fourth-order valence-corrected chi connectivity index (χ4v) is 1.26. The van der Waals surface area contributed by atoms with Crippen LogP contribution in [0.25, 0.3) is 0 Å². The highest BCUT2D eigenvalue weighted by molar-refractivity contribution is 5.28. The molecule has 0 amide bonds. The smallest absolute Gasteiger partial charge is 0.442 e. The average Bonchev–Trinajstić information content (AvgIpc) is 2.39. The van der Waals surface area contributed by atoms with Gasteiger partial charge in [0, 0.05) is 6.07 Å². The zero-order valence-electron chi connectivity index (χ0n) is 10.4. The Bertz CT molecular complexity index is 631. The van der Waals surface area contributed by atoms with Gasteiger partial charge in [-0.25, -0.2) is 13.2 Å². The third-order valence-corrected chi connectivity index (χ3v) is 2.44. The summed E-state index contributed by atoms with van der Waals surface area (Å²) in [7, 11) is 0. The van der Waals surface area contributed by atoms with Gasteiger partial charge in [-0.15, -0.1) is 0 Å². The maximum atomic E-state index is 13.5. The zero-order chi connectivity index (χ0) is 19.3. The van der Waals surface area contributed by atoms with Crippen LogP contribution in [-0.2, 0) is 0 Å². The Labute approximate surface area is 122 Å². The lowest BCUT2D eigenvalue weighted by atomic mass is 10.1. The van der Waals surface area contributed by atoms with Crippen LogP contribution < -0.4 is 4.74 Å². The van der Waals surface area contributed by atoms with Crippen molar-refractivity contribution in [2.75, 3.05) is 0 Å². The van der Waals surface area contributed by atoms with Gasteiger partial charge in [0.1, 0.15) is 0 Å². The molecular formula is C10HF13O. The second kappa shape index (κ2) is 5.58. The fraction of sp³-hybridized carbons (Fsp3) is 0.400. The van der Waals surface area contributed by atoms with Crippen molar-refractivity contribution in [3.63, 3.8) is 0 Å². The van der Waals surface area contributed by atoms with Crippen molar-refractivity contribution in [3.8, 4) is 5.75 Å². The Hall–Kier alpha value is -1.89. The van der Waals surface area contributed by atoms with E-state index in [2.05, 4.69) is 4.74 Å². The highest BCUT2D eigenvalue weighted by atomic mass is 19.4. The van der Waals surface area contributed by atoms with Crippen LogP contribution >= 0.6 is 0 Å². The average molecular weight is 384 g/mol. The van der Waals surface area contributed by atoms with Gasteiger partial charge in [0.05, 0.1) is 0 Å². The number of hydrogen-bond acceptors (Lipinski definition) is 1. The molecule has 0 aliphatic heterocycles. The minimum Gasteiger partial charge on any atom is -0.442 e. The van der Waals surface area contributed by atoms with Crippen LogP contribution in [0.15, 0.2) is 6.07 Å². The van der Waals surface area contributed by atoms with Gasteiger partial charge in [-0.2, -0.15) is 43.9 Å². The van der Waals surface area contributed by atoms with Crippen LogP contribution in [-0.4, -0.2) is 24.1 Å². The standard InChI is InChI=1S/C10HF13O/c11-2-1-3(5(13)6(14)4(2)12)24-8(17,10(21,22)23)7(15,16)9(18,19)20/h1H. The Kier molecular flexibility index (Phi) is 4.69. The quantitative estimate of drug-likeness (QED) is 0.403. The molecule has 1 aromatic carbocycles. The number of benzene rings is 1. The van der Waals surface area contributed by atoms with Gasteiger partial charge in [-0.3, -0.25) is 0 Å². The Balaban J connectivity index is 3.59. The van der Waals surface area contributed by atoms with E-state index in [1.54, 1.807) is 0 Å². The van der Waals surface area contributed by atoms with Crippen molar-refractivity contribution >= 4 is 0 Å². The number of hydrogen-bond donors (Lipinski definition) is 0. The lowest BCUT2D eigenvalue weighted by Crippen LogP contribution is -2.65. The largest absolute Gasteiger partial charge is 0.467 e. The van der Waals surface area contributed by atoms with Gasteiger partial charge in [-0.1, -0.05) is 0 Å². The molecule has 0 heterocycles. The molecule has 0 radical (unpaired) electrons. The van der Waals surface area contributed by atoms with Crippen molar-refractivity contribution in [1.29, 1.82) is 0 Å². The molecule has 0 N–H and O–H groups in total. The molecule has 14 heteroatoms. The first-order chi connectivity index (χ1) is 10.5. The summed E-state index contributed by atoms with van der Waals surface area (Å²) in [5.41, 5.74) is 0. The van der Waals surface area contributed by atoms with Crippen LogP contribution in [0.5, 0.6) is 5.75 Å². The third kappa shape index (κ3) is 2.92. The Morgan fingerprint density at radius 1 is 0.625 bits per heavy atom. The summed E-state index contributed by atoms with van der Waals surface area (Å²) >= 11 is 0. The summed E-state index contributed by atoms with van der Waals surface area (Å²) in [6.45, 7) is 0. The lowest BCUT2D eigenvalue weighted by Gasteiger charge is -2.35. The van der Waals surface area contributed by atoms with E-state index in [1.165, 1.54) is 0 Å². The molecule has 138 valence electrons. The number of rotatable bonds is 3. The van der Waals surface area contributed by atoms with Gasteiger partial charge >= 0.3 is 24.1 Å². The highest BCUT2D eigenvalue weighted by Crippen LogP contribution is 2.53. The topological polar surface area (TPSA) is 9.23 Å². The molecule has 1 unspecified atom stereocenters. The van der Waals surface area contributed by atoms with Crippen LogP contribution in [0.3, 0.4) is 0 Å². The van der Waals surface area contributed by atoms with E-state index in [0.717, 1.165) is 0 Å². The molecule has 0 aromatic heterocycles. The van der Waals surface area contributed by atoms with E-state index >= 15 is 0 Å². The van der Waals surface area contributed by atoms with E-state index in [0.29, 0.717) is 0 Å². The lowest BCUT2D eigenvalue weighted by molar-refractivity contribution is -0.432. The van der Waals surface area contributed by atoms with E-state index in [-0.39, 0.29) is 0 Å². The Morgan fingerprint density at radius 3 is 1.46 bits per heavy atom. The van der Waals surface area contributed by atoms with Crippen LogP contribution in [0, 0.1) is 23.3 Å². The van der Waals surface area contributed by atoms with Gasteiger partial charge in [0.2, 0.25) is 11.6 Å². The van der Waals surface area contributed by atoms with E-state index in [1.807, 2.05) is 0 Å². The van der Waals surface area contributed by atoms with E-state index in [9.17, 15) is 57.1 Å². The molecule has 0 aliphatic carbocycles. The minimum absolute atomic E-state index is 0.875. The molecule has 1 atom stereocenters. The second-order valence-electron chi connectivity index (χ2n) is 4.07. The summed E-state index contributed by atoms with van der Waals surface area (Å²) < 4.78 is 166. The van der Waals surface area contributed by atoms with Gasteiger partial charge in [0.25, 0.3) is 0 Å². The van der Waals surface area contributed by atoms with Gasteiger partial charge in [-0.05, 0) is 0 Å². The van der Waals surface area contributed by atoms with Crippen LogP contribution in [0.4, 0.5) is 57.1 Å². The molecule has 0 aliphatic rings. The summed E-state index contributed by atoms with van der Waals surface area (Å²) in [4.78, 5) is 0. The van der Waals surface area contributed by atoms with Crippen molar-refractivity contribution in [1.82, 2.24) is 0 Å². The minimum atomic E-state index is -7.31. The number of ether oxygens (including phenoxy) is 1. The monoisotopic (exact) mass is 384 g/mol. The van der Waals surface area contributed by atoms with E-state index in [4.69, 9.17) is 0 Å². The fourth-order valence-electron chi connectivity index (χ4n) is 1.26. The predicted octanol–water partition coefficient (Wildman–Crippen LogP) is 5.05. The number of halogens is 13. The zero-order valence-corrected chi connectivity index (χ0v) is 10.4. The molecule has 24 heavy (non-hydrogen) atoms. The molecule has 0 saturated heterocycles. The normalized spacial score (nSPS) is 16.0. The summed E-state index contributed by atoms with van der Waals surface area (Å²) in [5.74, 6) is -28.1. The van der Waals surface area contributed by atoms with Crippen LogP contribution in [0.1, 0.15) is 0 Å². The van der Waals surface area contributed by atoms with Crippen molar-refractivity contribution in [3.05, 3.63) is 29.3 Å². The molecule has 0 fully saturated rings. The predicted molar refractivity (Wildman–Crippen MR) is 47.8 cm³/mol. The molecule has 1 aromatic rings. The highest BCUT2D eigenvalue weighted by Gasteiger charge is 2.84. The molecular weight excluding hydrogens is 383 g/mol. The van der Waals surface area contributed by atoms with Crippen molar-refractivity contribution in [2.24, 2.45) is 0 Å². The van der Waals surface area contributed by atoms with Gasteiger partial charge < -0.3 is 4.74 Å². The van der Waals surface area contributed by atoms with Gasteiger partial charge in [0.15, 0.2) is 17.4 Å².